The first kappa shape index (κ1) is 15.9. The van der Waals surface area contributed by atoms with Crippen LogP contribution in [0.2, 0.25) is 0 Å². The van der Waals surface area contributed by atoms with E-state index in [2.05, 4.69) is 15.3 Å². The summed E-state index contributed by atoms with van der Waals surface area (Å²) < 4.78 is 0. The maximum absolute atomic E-state index is 12.7. The molecule has 0 radical (unpaired) electrons. The third-order valence-corrected chi connectivity index (χ3v) is 3.89. The lowest BCUT2D eigenvalue weighted by Gasteiger charge is -2.23. The number of urea groups is 1. The third-order valence-electron chi connectivity index (χ3n) is 3.89. The van der Waals surface area contributed by atoms with Crippen LogP contribution in [0.4, 0.5) is 16.2 Å². The maximum Gasteiger partial charge on any atom is 0.322 e. The highest BCUT2D eigenvalue weighted by molar-refractivity contribution is 5.93. The van der Waals surface area contributed by atoms with Crippen molar-refractivity contribution in [2.24, 2.45) is 0 Å². The number of nitro groups is 1. The Morgan fingerprint density at radius 2 is 2.04 bits per heavy atom. The van der Waals surface area contributed by atoms with Crippen molar-refractivity contribution in [3.63, 3.8) is 0 Å². The highest BCUT2D eigenvalue weighted by Gasteiger charge is 2.33. The first-order valence-corrected chi connectivity index (χ1v) is 7.62. The van der Waals surface area contributed by atoms with E-state index in [-0.39, 0.29) is 23.4 Å². The molecule has 2 amide bonds. The number of carbonyl (C=O) groups excluding carboxylic acids is 1. The van der Waals surface area contributed by atoms with Crippen LogP contribution in [0.5, 0.6) is 0 Å². The Bertz CT molecular complexity index is 762. The largest absolute Gasteiger partial charge is 0.322 e. The molecule has 0 aliphatic heterocycles. The molecular weight excluding hydrogens is 310 g/mol. The Hall–Kier alpha value is -3.03. The van der Waals surface area contributed by atoms with Gasteiger partial charge in [-0.05, 0) is 43.0 Å². The Labute approximate surface area is 138 Å². The summed E-state index contributed by atoms with van der Waals surface area (Å²) in [5.74, 6) is 0. The lowest BCUT2D eigenvalue weighted by molar-refractivity contribution is -0.384. The van der Waals surface area contributed by atoms with Gasteiger partial charge in [-0.25, -0.2) is 4.79 Å². The molecule has 0 saturated heterocycles. The van der Waals surface area contributed by atoms with E-state index < -0.39 is 4.92 Å². The molecule has 1 saturated carbocycles. The van der Waals surface area contributed by atoms with Crippen LogP contribution in [0.15, 0.2) is 36.9 Å². The second kappa shape index (κ2) is 6.61. The van der Waals surface area contributed by atoms with Gasteiger partial charge in [0.15, 0.2) is 0 Å². The van der Waals surface area contributed by atoms with Crippen molar-refractivity contribution in [1.29, 1.82) is 0 Å². The Balaban J connectivity index is 1.81. The SMILES string of the molecule is Cc1cncc([N+](=O)[O-])c1NC(=O)N(Cc1ccncc1)C1CC1. The van der Waals surface area contributed by atoms with Gasteiger partial charge in [-0.2, -0.15) is 0 Å². The summed E-state index contributed by atoms with van der Waals surface area (Å²) in [5, 5.41) is 13.8. The fourth-order valence-corrected chi connectivity index (χ4v) is 2.47. The van der Waals surface area contributed by atoms with Gasteiger partial charge in [0.05, 0.1) is 4.92 Å². The molecule has 0 unspecified atom stereocenters. The van der Waals surface area contributed by atoms with Gasteiger partial charge in [0.25, 0.3) is 0 Å². The van der Waals surface area contributed by atoms with Crippen LogP contribution in [0, 0.1) is 17.0 Å². The summed E-state index contributed by atoms with van der Waals surface area (Å²) in [5.41, 5.74) is 1.51. The molecule has 0 bridgehead atoms. The molecular formula is C16H17N5O3. The molecule has 24 heavy (non-hydrogen) atoms. The van der Waals surface area contributed by atoms with Gasteiger partial charge in [0.2, 0.25) is 0 Å². The topological polar surface area (TPSA) is 101 Å². The molecule has 3 rings (SSSR count). The minimum Gasteiger partial charge on any atom is -0.317 e. The first-order valence-electron chi connectivity index (χ1n) is 7.62. The van der Waals surface area contributed by atoms with Crippen molar-refractivity contribution >= 4 is 17.4 Å². The number of hydrogen-bond donors (Lipinski definition) is 1. The van der Waals surface area contributed by atoms with Gasteiger partial charge in [0, 0.05) is 31.2 Å². The number of hydrogen-bond acceptors (Lipinski definition) is 5. The number of carbonyl (C=O) groups is 1. The molecule has 1 fully saturated rings. The molecule has 1 aliphatic carbocycles. The normalized spacial score (nSPS) is 13.4. The number of aromatic nitrogens is 2. The molecule has 2 aromatic heterocycles. The maximum atomic E-state index is 12.7. The number of nitrogens with zero attached hydrogens (tertiary/aromatic N) is 4. The van der Waals surface area contributed by atoms with Crippen molar-refractivity contribution in [1.82, 2.24) is 14.9 Å². The minimum absolute atomic E-state index is 0.166. The van der Waals surface area contributed by atoms with Crippen molar-refractivity contribution in [2.75, 3.05) is 5.32 Å². The summed E-state index contributed by atoms with van der Waals surface area (Å²) in [4.78, 5) is 32.8. The van der Waals surface area contributed by atoms with Crippen LogP contribution in [0.1, 0.15) is 24.0 Å². The van der Waals surface area contributed by atoms with E-state index in [0.29, 0.717) is 12.1 Å². The van der Waals surface area contributed by atoms with Crippen LogP contribution in [-0.2, 0) is 6.54 Å². The molecule has 1 aliphatic rings. The fourth-order valence-electron chi connectivity index (χ4n) is 2.47. The van der Waals surface area contributed by atoms with E-state index >= 15 is 0 Å². The summed E-state index contributed by atoms with van der Waals surface area (Å²) in [6.45, 7) is 2.12. The monoisotopic (exact) mass is 327 g/mol. The van der Waals surface area contributed by atoms with Crippen molar-refractivity contribution in [3.05, 3.63) is 58.2 Å². The van der Waals surface area contributed by atoms with Gasteiger partial charge in [-0.3, -0.25) is 20.1 Å². The smallest absolute Gasteiger partial charge is 0.317 e. The third kappa shape index (κ3) is 3.48. The highest BCUT2D eigenvalue weighted by atomic mass is 16.6. The molecule has 2 aromatic rings. The van der Waals surface area contributed by atoms with Crippen molar-refractivity contribution in [2.45, 2.75) is 32.4 Å². The van der Waals surface area contributed by atoms with E-state index in [0.717, 1.165) is 24.6 Å². The number of aryl methyl sites for hydroxylation is 1. The van der Waals surface area contributed by atoms with Gasteiger partial charge in [-0.15, -0.1) is 0 Å². The van der Waals surface area contributed by atoms with Crippen LogP contribution in [0.25, 0.3) is 0 Å². The first-order chi connectivity index (χ1) is 11.6. The van der Waals surface area contributed by atoms with E-state index in [1.165, 1.54) is 6.20 Å². The molecule has 2 heterocycles. The molecule has 0 spiro atoms. The van der Waals surface area contributed by atoms with Crippen LogP contribution in [0.3, 0.4) is 0 Å². The van der Waals surface area contributed by atoms with Gasteiger partial charge < -0.3 is 10.2 Å². The Kier molecular flexibility index (Phi) is 4.37. The summed E-state index contributed by atoms with van der Waals surface area (Å²) >= 11 is 0. The van der Waals surface area contributed by atoms with E-state index in [4.69, 9.17) is 0 Å². The summed E-state index contributed by atoms with van der Waals surface area (Å²) in [6, 6.07) is 3.53. The van der Waals surface area contributed by atoms with E-state index in [1.54, 1.807) is 24.2 Å². The van der Waals surface area contributed by atoms with E-state index in [9.17, 15) is 14.9 Å². The molecule has 0 aromatic carbocycles. The summed E-state index contributed by atoms with van der Waals surface area (Å²) in [7, 11) is 0. The van der Waals surface area contributed by atoms with Gasteiger partial charge >= 0.3 is 11.7 Å². The number of amides is 2. The zero-order valence-electron chi connectivity index (χ0n) is 13.2. The molecule has 8 heteroatoms. The number of rotatable bonds is 5. The average molecular weight is 327 g/mol. The van der Waals surface area contributed by atoms with Crippen LogP contribution >= 0.6 is 0 Å². The van der Waals surface area contributed by atoms with Crippen molar-refractivity contribution in [3.8, 4) is 0 Å². The molecule has 8 nitrogen and oxygen atoms in total. The Morgan fingerprint density at radius 1 is 1.33 bits per heavy atom. The molecule has 1 N–H and O–H groups in total. The zero-order chi connectivity index (χ0) is 17.1. The second-order valence-corrected chi connectivity index (χ2v) is 5.75. The number of pyridine rings is 2. The van der Waals surface area contributed by atoms with Crippen LogP contribution in [-0.4, -0.2) is 31.9 Å². The number of anilines is 1. The molecule has 0 atom stereocenters. The highest BCUT2D eigenvalue weighted by Crippen LogP contribution is 2.31. The zero-order valence-corrected chi connectivity index (χ0v) is 13.2. The predicted octanol–water partition coefficient (Wildman–Crippen LogP) is 2.89. The quantitative estimate of drug-likeness (QED) is 0.672. The lowest BCUT2D eigenvalue weighted by atomic mass is 10.2. The van der Waals surface area contributed by atoms with Gasteiger partial charge in [0.1, 0.15) is 11.9 Å². The number of nitrogens with one attached hydrogen (secondary N) is 1. The van der Waals surface area contributed by atoms with Gasteiger partial charge in [-0.1, -0.05) is 0 Å². The minimum atomic E-state index is -0.542. The Morgan fingerprint density at radius 3 is 2.67 bits per heavy atom. The second-order valence-electron chi connectivity index (χ2n) is 5.75. The predicted molar refractivity (Wildman–Crippen MR) is 87.4 cm³/mol. The molecule has 124 valence electrons. The van der Waals surface area contributed by atoms with E-state index in [1.807, 2.05) is 12.1 Å². The average Bonchev–Trinajstić information content (AvgIpc) is 3.40. The van der Waals surface area contributed by atoms with Crippen molar-refractivity contribution < 1.29 is 9.72 Å². The van der Waals surface area contributed by atoms with Crippen LogP contribution < -0.4 is 5.32 Å². The lowest BCUT2D eigenvalue weighted by Crippen LogP contribution is -2.36. The summed E-state index contributed by atoms with van der Waals surface area (Å²) in [6.07, 6.45) is 7.87. The standard InChI is InChI=1S/C16H17N5O3/c1-11-8-18-9-14(21(23)24)15(11)19-16(22)20(13-2-3-13)10-12-4-6-17-7-5-12/h4-9,13H,2-3,10H2,1H3,(H,18,19,22). The fraction of sp³-hybridized carbons (Fsp3) is 0.312.